The molecule has 2 fully saturated rings. The van der Waals surface area contributed by atoms with E-state index in [2.05, 4.69) is 61.4 Å². The minimum atomic E-state index is -6.23. The second-order valence-corrected chi connectivity index (χ2v) is 10.7. The van der Waals surface area contributed by atoms with E-state index in [4.69, 9.17) is 0 Å². The number of hydrogen-bond acceptors (Lipinski definition) is 8. The molecule has 0 bridgehead atoms. The summed E-state index contributed by atoms with van der Waals surface area (Å²) >= 11 is 0. The zero-order chi connectivity index (χ0) is 28.7. The van der Waals surface area contributed by atoms with E-state index in [-0.39, 0.29) is 89.4 Å². The van der Waals surface area contributed by atoms with Gasteiger partial charge in [-0.25, -0.2) is 17.2 Å². The fraction of sp³-hybridized carbons (Fsp3) is 0.958. The van der Waals surface area contributed by atoms with Crippen molar-refractivity contribution in [3.8, 4) is 0 Å². The zero-order valence-corrected chi connectivity index (χ0v) is 30.4. The van der Waals surface area contributed by atoms with Crippen molar-refractivity contribution in [3.05, 3.63) is 0 Å². The molecule has 16 heteroatoms. The van der Waals surface area contributed by atoms with Gasteiger partial charge in [0.15, 0.2) is 10.1 Å². The fourth-order valence-corrected chi connectivity index (χ4v) is 3.52. The molecular weight excluding hydrogens is 626 g/mol. The summed E-state index contributed by atoms with van der Waals surface area (Å²) in [4.78, 5) is 19.4. The number of nitrogens with zero attached hydrogens (tertiary/aromatic N) is 4. The summed E-state index contributed by atoms with van der Waals surface area (Å²) in [5.74, 6) is 0.167. The minimum absolute atomic E-state index is 0. The molecule has 0 radical (unpaired) electrons. The summed E-state index contributed by atoms with van der Waals surface area (Å²) in [5, 5.41) is -5.48. The molecule has 2 saturated heterocycles. The molecule has 0 aliphatic carbocycles. The third-order valence-corrected chi connectivity index (χ3v) is 6.84. The smallest absolute Gasteiger partial charge is 1.00 e. The van der Waals surface area contributed by atoms with E-state index in [0.29, 0.717) is 12.3 Å². The number of alkyl halides is 4. The summed E-state index contributed by atoms with van der Waals surface area (Å²) in [6.45, 7) is 19.7. The van der Waals surface area contributed by atoms with Crippen molar-refractivity contribution in [1.82, 2.24) is 19.6 Å². The van der Waals surface area contributed by atoms with Crippen LogP contribution in [-0.2, 0) is 14.9 Å². The summed E-state index contributed by atoms with van der Waals surface area (Å²) in [6.07, 6.45) is 2.18. The molecule has 0 aromatic rings. The van der Waals surface area contributed by atoms with Gasteiger partial charge in [0.25, 0.3) is 0 Å². The van der Waals surface area contributed by atoms with E-state index in [1.807, 2.05) is 0 Å². The van der Waals surface area contributed by atoms with Gasteiger partial charge >= 0.3 is 63.1 Å². The molecule has 2 aliphatic heterocycles. The molecule has 0 spiro atoms. The largest absolute Gasteiger partial charge is 1.00 e. The van der Waals surface area contributed by atoms with Crippen LogP contribution in [0.25, 0.3) is 0 Å². The number of halogens is 6. The summed E-state index contributed by atoms with van der Waals surface area (Å²) in [7, 11) is -1.83. The van der Waals surface area contributed by atoms with Gasteiger partial charge in [-0.05, 0) is 67.7 Å². The molecule has 0 amide bonds. The molecule has 2 aliphatic rings. The van der Waals surface area contributed by atoms with Crippen LogP contribution >= 0.6 is 0 Å². The zero-order valence-electron chi connectivity index (χ0n) is 24.9. The Kier molecular flexibility index (Phi) is 37.5. The summed E-state index contributed by atoms with van der Waals surface area (Å²) in [6, 6.07) is 0. The number of hydrogen-bond donors (Lipinski definition) is 0. The van der Waals surface area contributed by atoms with Gasteiger partial charge < -0.3 is 34.2 Å². The maximum Gasteiger partial charge on any atom is 1.00 e. The van der Waals surface area contributed by atoms with Gasteiger partial charge in [0.05, 0.1) is 12.3 Å². The van der Waals surface area contributed by atoms with Crippen LogP contribution < -0.4 is 76.2 Å². The van der Waals surface area contributed by atoms with E-state index in [1.165, 1.54) is 78.8 Å². The van der Waals surface area contributed by atoms with E-state index >= 15 is 0 Å². The van der Waals surface area contributed by atoms with Gasteiger partial charge in [-0.3, -0.25) is 19.6 Å². The van der Waals surface area contributed by atoms with Gasteiger partial charge in [0.1, 0.15) is 5.78 Å². The van der Waals surface area contributed by atoms with E-state index in [1.54, 1.807) is 0 Å². The number of ketones is 1. The average molecular weight is 678 g/mol. The first-order valence-electron chi connectivity index (χ1n) is 12.4. The Hall–Kier alpha value is 1.36. The monoisotopic (exact) mass is 676 g/mol. The van der Waals surface area contributed by atoms with Gasteiger partial charge in [-0.15, -0.1) is 0 Å². The normalized spacial score (nSPS) is 19.6. The number of unbranched alkanes of at least 4 members (excludes halogenated alkanes) is 2. The first kappa shape index (κ1) is 53.9. The van der Waals surface area contributed by atoms with Crippen LogP contribution in [0.15, 0.2) is 0 Å². The second-order valence-electron chi connectivity index (χ2n) is 9.23. The predicted molar refractivity (Wildman–Crippen MR) is 141 cm³/mol. The molecule has 0 aromatic heterocycles. The standard InChI is InChI=1S/2C9H20N2.C3H6O.C2H2F4O3S.CH4.2ClH.K/c2*1-4-5-6-11-8-7-10(3)9(11)2;1-3(2)4;3-1(4)2(5,6)10(7,8)9;;;;/h2*9H,4-8H2,1-3H3;1-2H3;1H,(H,7,8,9);1H4;2*1H;/q;;;;;;;+1/p-3. The quantitative estimate of drug-likeness (QED) is 0.144. The first-order valence-corrected chi connectivity index (χ1v) is 13.8. The summed E-state index contributed by atoms with van der Waals surface area (Å²) in [5.41, 5.74) is 0. The number of Topliss-reactive ketones (excluding diaryl/α,β-unsaturated/α-hetero) is 1. The molecule has 2 atom stereocenters. The Bertz CT molecular complexity index is 688. The molecular formula is C24H51Cl2F4KN4O4S-2. The Morgan fingerprint density at radius 3 is 1.27 bits per heavy atom. The SMILES string of the molecule is C.CC(C)=O.CCCCN1CCN(C)C1C.CCCCN1CCN(C)C1C.O=S(=O)([O-])C(F)(F)C(F)F.[Cl-].[Cl-].[K+]. The third kappa shape index (κ3) is 22.8. The van der Waals surface area contributed by atoms with Gasteiger partial charge in [0, 0.05) is 26.2 Å². The minimum Gasteiger partial charge on any atom is -1.00 e. The molecule has 8 nitrogen and oxygen atoms in total. The van der Waals surface area contributed by atoms with Crippen LogP contribution in [0.1, 0.15) is 74.7 Å². The van der Waals surface area contributed by atoms with E-state index < -0.39 is 21.8 Å². The summed E-state index contributed by atoms with van der Waals surface area (Å²) < 4.78 is 72.7. The average Bonchev–Trinajstić information content (AvgIpc) is 3.25. The first-order chi connectivity index (χ1) is 16.4. The van der Waals surface area contributed by atoms with Crippen LogP contribution in [0, 0.1) is 0 Å². The molecule has 40 heavy (non-hydrogen) atoms. The number of likely N-dealkylation sites (N-methyl/N-ethyl adjacent to an activating group) is 2. The third-order valence-electron chi connectivity index (χ3n) is 6.00. The molecule has 242 valence electrons. The van der Waals surface area contributed by atoms with Gasteiger partial charge in [0.2, 0.25) is 0 Å². The Labute approximate surface area is 296 Å². The van der Waals surface area contributed by atoms with Crippen LogP contribution in [-0.4, -0.2) is 116 Å². The number of rotatable bonds is 8. The Morgan fingerprint density at radius 1 is 0.875 bits per heavy atom. The van der Waals surface area contributed by atoms with Crippen LogP contribution in [0.5, 0.6) is 0 Å². The number of carbonyl (C=O) groups excluding carboxylic acids is 1. The molecule has 2 rings (SSSR count). The van der Waals surface area contributed by atoms with Crippen molar-refractivity contribution < 1.29 is 112 Å². The molecule has 0 N–H and O–H groups in total. The predicted octanol–water partition coefficient (Wildman–Crippen LogP) is -4.61. The van der Waals surface area contributed by atoms with E-state index in [9.17, 15) is 35.3 Å². The van der Waals surface area contributed by atoms with Crippen molar-refractivity contribution in [2.45, 2.75) is 98.7 Å². The molecule has 0 saturated carbocycles. The Morgan fingerprint density at radius 2 is 1.15 bits per heavy atom. The van der Waals surface area contributed by atoms with Crippen molar-refractivity contribution >= 4 is 15.9 Å². The van der Waals surface area contributed by atoms with Crippen molar-refractivity contribution in [2.75, 3.05) is 53.4 Å². The fourth-order valence-electron chi connectivity index (χ4n) is 3.31. The molecule has 2 heterocycles. The maximum atomic E-state index is 11.4. The van der Waals surface area contributed by atoms with Crippen LogP contribution in [0.4, 0.5) is 17.6 Å². The maximum absolute atomic E-state index is 11.4. The van der Waals surface area contributed by atoms with Crippen molar-refractivity contribution in [3.63, 3.8) is 0 Å². The van der Waals surface area contributed by atoms with E-state index in [0.717, 1.165) is 0 Å². The molecule has 0 aromatic carbocycles. The topological polar surface area (TPSA) is 87.2 Å². The molecule has 2 unspecified atom stereocenters. The van der Waals surface area contributed by atoms with Crippen LogP contribution in [0.3, 0.4) is 0 Å². The Balaban J connectivity index is -0.0000000971. The van der Waals surface area contributed by atoms with Crippen LogP contribution in [0.2, 0.25) is 0 Å². The van der Waals surface area contributed by atoms with Gasteiger partial charge in [-0.1, -0.05) is 34.1 Å². The van der Waals surface area contributed by atoms with Gasteiger partial charge in [-0.2, -0.15) is 8.78 Å². The number of carbonyl (C=O) groups is 1. The van der Waals surface area contributed by atoms with Crippen molar-refractivity contribution in [1.29, 1.82) is 0 Å². The second kappa shape index (κ2) is 27.9. The van der Waals surface area contributed by atoms with Crippen molar-refractivity contribution in [2.24, 2.45) is 0 Å².